The lowest BCUT2D eigenvalue weighted by Crippen LogP contribution is -2.16. The third-order valence-corrected chi connectivity index (χ3v) is 14.5. The normalized spacial score (nSPS) is 13.0. The largest absolute Gasteiger partial charge is 0.309 e. The Balaban J connectivity index is 0.937. The topological polar surface area (TPSA) is 35.6 Å². The summed E-state index contributed by atoms with van der Waals surface area (Å²) < 4.78 is 4.79. The van der Waals surface area contributed by atoms with Crippen molar-refractivity contribution in [1.29, 1.82) is 0 Å². The molecule has 1 aliphatic rings. The van der Waals surface area contributed by atoms with Crippen LogP contribution < -0.4 is 0 Å². The first kappa shape index (κ1) is 37.7. The van der Waals surface area contributed by atoms with Crippen molar-refractivity contribution in [2.45, 2.75) is 19.3 Å². The van der Waals surface area contributed by atoms with E-state index in [4.69, 9.17) is 9.97 Å². The molecule has 0 radical (unpaired) electrons. The van der Waals surface area contributed by atoms with Crippen LogP contribution in [0.25, 0.3) is 122 Å². The molecule has 0 aliphatic heterocycles. The molecular formula is C63H42N4. The minimum absolute atomic E-state index is 0.217. The lowest BCUT2D eigenvalue weighted by atomic mass is 9.80. The SMILES string of the molecule is CC1(C)c2ccccc2-c2cccc(-c3nc(-c4cccc(-n5c6ccccc6c6cc(-c7ccc8c(c7)c7ccccc7n8-c7ccccc7)ccc65)c4)c4ccc5ccccc5c4n3)c21. The summed E-state index contributed by atoms with van der Waals surface area (Å²) in [7, 11) is 0. The highest BCUT2D eigenvalue weighted by Crippen LogP contribution is 2.52. The van der Waals surface area contributed by atoms with Crippen LogP contribution in [-0.2, 0) is 5.41 Å². The van der Waals surface area contributed by atoms with Gasteiger partial charge in [-0.3, -0.25) is 0 Å². The molecule has 0 unspecified atom stereocenters. The molecule has 0 saturated carbocycles. The minimum Gasteiger partial charge on any atom is -0.309 e. The molecule has 1 aliphatic carbocycles. The fourth-order valence-corrected chi connectivity index (χ4v) is 11.5. The van der Waals surface area contributed by atoms with E-state index < -0.39 is 0 Å². The lowest BCUT2D eigenvalue weighted by Gasteiger charge is -2.24. The summed E-state index contributed by atoms with van der Waals surface area (Å²) in [5.41, 5.74) is 18.3. The maximum atomic E-state index is 5.58. The van der Waals surface area contributed by atoms with Crippen molar-refractivity contribution in [3.05, 3.63) is 230 Å². The molecule has 3 aromatic heterocycles. The Labute approximate surface area is 387 Å². The van der Waals surface area contributed by atoms with Gasteiger partial charge in [0.1, 0.15) is 0 Å². The molecule has 314 valence electrons. The van der Waals surface area contributed by atoms with Crippen LogP contribution in [0.3, 0.4) is 0 Å². The van der Waals surface area contributed by atoms with Gasteiger partial charge in [-0.2, -0.15) is 0 Å². The summed E-state index contributed by atoms with van der Waals surface area (Å²) in [5.74, 6) is 0.745. The van der Waals surface area contributed by atoms with Gasteiger partial charge in [0.25, 0.3) is 0 Å². The first-order valence-corrected chi connectivity index (χ1v) is 23.2. The first-order valence-electron chi connectivity index (χ1n) is 23.2. The highest BCUT2D eigenvalue weighted by molar-refractivity contribution is 6.13. The molecule has 67 heavy (non-hydrogen) atoms. The van der Waals surface area contributed by atoms with Gasteiger partial charge in [-0.05, 0) is 105 Å². The van der Waals surface area contributed by atoms with Crippen molar-refractivity contribution in [2.24, 2.45) is 0 Å². The molecule has 4 heteroatoms. The molecule has 0 spiro atoms. The van der Waals surface area contributed by atoms with Gasteiger partial charge in [0.05, 0.1) is 33.3 Å². The van der Waals surface area contributed by atoms with E-state index in [0.29, 0.717) is 0 Å². The Morgan fingerprint density at radius 1 is 0.358 bits per heavy atom. The Bertz CT molecular complexity index is 4190. The van der Waals surface area contributed by atoms with Crippen molar-refractivity contribution >= 4 is 65.3 Å². The summed E-state index contributed by atoms with van der Waals surface area (Å²) in [6.45, 7) is 4.67. The molecule has 3 heterocycles. The van der Waals surface area contributed by atoms with Crippen LogP contribution in [0.4, 0.5) is 0 Å². The molecule has 13 aromatic rings. The second-order valence-electron chi connectivity index (χ2n) is 18.5. The van der Waals surface area contributed by atoms with Crippen LogP contribution in [0.15, 0.2) is 218 Å². The molecule has 0 amide bonds. The molecular weight excluding hydrogens is 813 g/mol. The molecule has 14 rings (SSSR count). The third kappa shape index (κ3) is 5.54. The van der Waals surface area contributed by atoms with Gasteiger partial charge in [0, 0.05) is 60.2 Å². The molecule has 0 N–H and O–H groups in total. The fourth-order valence-electron chi connectivity index (χ4n) is 11.5. The standard InChI is InChI=1S/C63H42N4/c1-63(2)54-27-11-8-22-46(54)49-25-15-26-50(59(49)63)62-64-60(51-33-30-39-16-6-7-21-45(39)61(51)65-62)42-17-14-20-44(36-42)67-56-29-13-10-24-48(56)53-38-41(32-35-58(53)67)40-31-34-57-52(37-40)47-23-9-12-28-55(47)66(57)43-18-4-3-5-19-43/h3-38H,1-2H3. The van der Waals surface area contributed by atoms with Crippen LogP contribution in [0.1, 0.15) is 25.0 Å². The third-order valence-electron chi connectivity index (χ3n) is 14.5. The fraction of sp³-hybridized carbons (Fsp3) is 0.0476. The zero-order chi connectivity index (χ0) is 44.4. The average Bonchev–Trinajstić information content (AvgIpc) is 3.98. The van der Waals surface area contributed by atoms with Gasteiger partial charge in [0.2, 0.25) is 0 Å². The number of nitrogens with zero attached hydrogens (tertiary/aromatic N) is 4. The molecule has 0 bridgehead atoms. The maximum Gasteiger partial charge on any atom is 0.160 e. The highest BCUT2D eigenvalue weighted by atomic mass is 15.0. The lowest BCUT2D eigenvalue weighted by molar-refractivity contribution is 0.661. The Morgan fingerprint density at radius 2 is 0.925 bits per heavy atom. The summed E-state index contributed by atoms with van der Waals surface area (Å²) >= 11 is 0. The van der Waals surface area contributed by atoms with E-state index in [2.05, 4.69) is 241 Å². The van der Waals surface area contributed by atoms with Crippen molar-refractivity contribution in [3.63, 3.8) is 0 Å². The predicted molar refractivity (Wildman–Crippen MR) is 280 cm³/mol. The zero-order valence-corrected chi connectivity index (χ0v) is 37.1. The minimum atomic E-state index is -0.217. The smallest absolute Gasteiger partial charge is 0.160 e. The Kier molecular flexibility index (Phi) is 8.00. The zero-order valence-electron chi connectivity index (χ0n) is 37.1. The molecule has 0 atom stereocenters. The van der Waals surface area contributed by atoms with Gasteiger partial charge in [0.15, 0.2) is 5.82 Å². The van der Waals surface area contributed by atoms with Crippen LogP contribution in [-0.4, -0.2) is 19.1 Å². The van der Waals surface area contributed by atoms with Crippen molar-refractivity contribution in [3.8, 4) is 56.3 Å². The molecule has 10 aromatic carbocycles. The van der Waals surface area contributed by atoms with Gasteiger partial charge in [-0.1, -0.05) is 166 Å². The van der Waals surface area contributed by atoms with Gasteiger partial charge in [-0.25, -0.2) is 9.97 Å². The van der Waals surface area contributed by atoms with Crippen LogP contribution in [0.5, 0.6) is 0 Å². The predicted octanol–water partition coefficient (Wildman–Crippen LogP) is 16.3. The monoisotopic (exact) mass is 854 g/mol. The van der Waals surface area contributed by atoms with Crippen molar-refractivity contribution < 1.29 is 0 Å². The number of hydrogen-bond acceptors (Lipinski definition) is 2. The Morgan fingerprint density at radius 3 is 1.67 bits per heavy atom. The number of rotatable bonds is 5. The van der Waals surface area contributed by atoms with E-state index in [9.17, 15) is 0 Å². The summed E-state index contributed by atoms with van der Waals surface area (Å²) in [6.07, 6.45) is 0. The maximum absolute atomic E-state index is 5.58. The van der Waals surface area contributed by atoms with E-state index in [1.807, 2.05) is 0 Å². The van der Waals surface area contributed by atoms with Gasteiger partial charge < -0.3 is 9.13 Å². The number of hydrogen-bond donors (Lipinski definition) is 0. The quantitative estimate of drug-likeness (QED) is 0.162. The van der Waals surface area contributed by atoms with Crippen LogP contribution in [0, 0.1) is 0 Å². The van der Waals surface area contributed by atoms with E-state index >= 15 is 0 Å². The summed E-state index contributed by atoms with van der Waals surface area (Å²) in [6, 6.07) is 79.4. The highest BCUT2D eigenvalue weighted by Gasteiger charge is 2.38. The van der Waals surface area contributed by atoms with Gasteiger partial charge >= 0.3 is 0 Å². The second kappa shape index (κ2) is 14.2. The van der Waals surface area contributed by atoms with Crippen molar-refractivity contribution in [1.82, 2.24) is 19.1 Å². The number of benzene rings is 10. The van der Waals surface area contributed by atoms with E-state index in [1.54, 1.807) is 0 Å². The number of aromatic nitrogens is 4. The molecule has 0 saturated heterocycles. The van der Waals surface area contributed by atoms with Crippen molar-refractivity contribution in [2.75, 3.05) is 0 Å². The van der Waals surface area contributed by atoms with E-state index in [1.165, 1.54) is 66.0 Å². The summed E-state index contributed by atoms with van der Waals surface area (Å²) in [5, 5.41) is 8.24. The van der Waals surface area contributed by atoms with E-state index in [-0.39, 0.29) is 5.41 Å². The first-order chi connectivity index (χ1) is 33.0. The average molecular weight is 855 g/mol. The van der Waals surface area contributed by atoms with Gasteiger partial charge in [-0.15, -0.1) is 0 Å². The molecule has 4 nitrogen and oxygen atoms in total. The second-order valence-corrected chi connectivity index (χ2v) is 18.5. The van der Waals surface area contributed by atoms with E-state index in [0.717, 1.165) is 66.7 Å². The van der Waals surface area contributed by atoms with Crippen LogP contribution in [0.2, 0.25) is 0 Å². The number of para-hydroxylation sites is 3. The number of fused-ring (bicyclic) bond motifs is 12. The summed E-state index contributed by atoms with van der Waals surface area (Å²) in [4.78, 5) is 11.1. The van der Waals surface area contributed by atoms with Crippen LogP contribution >= 0.6 is 0 Å². The molecule has 0 fully saturated rings. The Hall–Kier alpha value is -8.60.